The van der Waals surface area contributed by atoms with Gasteiger partial charge < -0.3 is 25.2 Å². The number of benzene rings is 1. The van der Waals surface area contributed by atoms with Crippen LogP contribution in [0.4, 0.5) is 10.5 Å². The summed E-state index contributed by atoms with van der Waals surface area (Å²) in [6.07, 6.45) is -0.952. The second kappa shape index (κ2) is 15.7. The minimum atomic E-state index is -4.09. The lowest BCUT2D eigenvalue weighted by Gasteiger charge is -2.23. The minimum Gasteiger partial charge on any atom is -0.444 e. The first-order chi connectivity index (χ1) is 20.4. The van der Waals surface area contributed by atoms with Crippen LogP contribution >= 0.6 is 22.6 Å². The zero-order valence-electron chi connectivity index (χ0n) is 25.0. The van der Waals surface area contributed by atoms with Gasteiger partial charge in [0, 0.05) is 22.7 Å². The first-order valence-electron chi connectivity index (χ1n) is 13.0. The van der Waals surface area contributed by atoms with Crippen molar-refractivity contribution in [3.63, 3.8) is 0 Å². The van der Waals surface area contributed by atoms with Gasteiger partial charge in [0.2, 0.25) is 11.9 Å². The maximum atomic E-state index is 13.2. The third kappa shape index (κ3) is 11.3. The number of hydroxylamine groups is 2. The topological polar surface area (TPSA) is 213 Å². The van der Waals surface area contributed by atoms with Gasteiger partial charge in [-0.25, -0.2) is 18.3 Å². The number of guanidine groups is 1. The Labute approximate surface area is 268 Å². The number of likely N-dealkylation sites (N-methyl/N-ethyl adjacent to an activating group) is 1. The summed E-state index contributed by atoms with van der Waals surface area (Å²) in [7, 11) is -1.50. The lowest BCUT2D eigenvalue weighted by molar-refractivity contribution is -0.172. The van der Waals surface area contributed by atoms with E-state index in [4.69, 9.17) is 20.1 Å². The number of nitrogens with zero attached hydrogens (tertiary/aromatic N) is 3. The van der Waals surface area contributed by atoms with Gasteiger partial charge in [0.15, 0.2) is 0 Å². The van der Waals surface area contributed by atoms with Crippen LogP contribution in [-0.4, -0.2) is 74.3 Å². The number of nitrogens with two attached hydrogens (primary N) is 1. The summed E-state index contributed by atoms with van der Waals surface area (Å²) in [6.45, 7) is 5.81. The second-order valence-corrected chi connectivity index (χ2v) is 13.1. The summed E-state index contributed by atoms with van der Waals surface area (Å²) < 4.78 is 34.8. The van der Waals surface area contributed by atoms with Crippen molar-refractivity contribution in [2.45, 2.75) is 57.2 Å². The standard InChI is InChI=1S/C26H36IN7O9S/c1-16-10-11-20(32-44(39,40)18-9-7-8-17(27)14-18)23(37)34(16)15-21(35)29-19(22(36)33(5)41-6)12-13-42-31-24(28)30-25(38)43-26(2,3)4/h7-11,14,19,32H,12-13,15H2,1-6H3,(H,29,35)(H3,28,30,31,38). The number of pyridine rings is 1. The summed E-state index contributed by atoms with van der Waals surface area (Å²) in [5.41, 5.74) is 4.17. The van der Waals surface area contributed by atoms with E-state index in [0.717, 1.165) is 9.63 Å². The van der Waals surface area contributed by atoms with E-state index in [-0.39, 0.29) is 23.6 Å². The molecule has 0 aliphatic rings. The largest absolute Gasteiger partial charge is 0.444 e. The number of sulfonamides is 1. The molecule has 1 aromatic heterocycles. The van der Waals surface area contributed by atoms with Crippen LogP contribution in [0.2, 0.25) is 0 Å². The van der Waals surface area contributed by atoms with Gasteiger partial charge in [-0.2, -0.15) is 0 Å². The first-order valence-corrected chi connectivity index (χ1v) is 15.5. The number of amides is 3. The SMILES string of the molecule is CON(C)C(=O)C(CCO/N=C(/N)NC(=O)OC(C)(C)C)NC(=O)Cn1c(C)ccc(NS(=O)(=O)c2cccc(I)c2)c1=O. The highest BCUT2D eigenvalue weighted by Crippen LogP contribution is 2.16. The minimum absolute atomic E-state index is 0.0359. The Hall–Kier alpha value is -3.91. The van der Waals surface area contributed by atoms with Crippen molar-refractivity contribution in [2.75, 3.05) is 25.5 Å². The fourth-order valence-electron chi connectivity index (χ4n) is 3.45. The van der Waals surface area contributed by atoms with E-state index in [2.05, 4.69) is 20.5 Å². The van der Waals surface area contributed by atoms with Crippen molar-refractivity contribution < 1.29 is 37.2 Å². The van der Waals surface area contributed by atoms with Crippen molar-refractivity contribution >= 4 is 62.2 Å². The fourth-order valence-corrected chi connectivity index (χ4v) is 5.31. The Bertz CT molecular complexity index is 1560. The molecule has 16 nitrogen and oxygen atoms in total. The monoisotopic (exact) mass is 749 g/mol. The predicted octanol–water partition coefficient (Wildman–Crippen LogP) is 1.23. The van der Waals surface area contributed by atoms with Crippen LogP contribution in [0.5, 0.6) is 0 Å². The molecule has 3 amide bonds. The van der Waals surface area contributed by atoms with Crippen LogP contribution < -0.4 is 26.6 Å². The number of halogens is 1. The molecule has 0 spiro atoms. The molecule has 0 bridgehead atoms. The van der Waals surface area contributed by atoms with E-state index in [0.29, 0.717) is 9.26 Å². The average molecular weight is 750 g/mol. The van der Waals surface area contributed by atoms with Crippen LogP contribution in [0, 0.1) is 10.5 Å². The molecule has 44 heavy (non-hydrogen) atoms. The number of nitrogens with one attached hydrogen (secondary N) is 3. The van der Waals surface area contributed by atoms with Crippen molar-refractivity contribution in [1.82, 2.24) is 20.3 Å². The molecule has 0 saturated carbocycles. The predicted molar refractivity (Wildman–Crippen MR) is 169 cm³/mol. The van der Waals surface area contributed by atoms with Gasteiger partial charge in [-0.15, -0.1) is 0 Å². The first kappa shape index (κ1) is 36.3. The third-order valence-electron chi connectivity index (χ3n) is 5.55. The molecule has 1 atom stereocenters. The molecule has 1 heterocycles. The average Bonchev–Trinajstić information content (AvgIpc) is 2.92. The number of oxime groups is 1. The van der Waals surface area contributed by atoms with Gasteiger partial charge in [-0.3, -0.25) is 29.3 Å². The number of carbonyl (C=O) groups is 3. The highest BCUT2D eigenvalue weighted by atomic mass is 127. The molecule has 0 aliphatic carbocycles. The summed E-state index contributed by atoms with van der Waals surface area (Å²) in [4.78, 5) is 60.7. The van der Waals surface area contributed by atoms with E-state index >= 15 is 0 Å². The van der Waals surface area contributed by atoms with E-state index in [1.807, 2.05) is 22.6 Å². The van der Waals surface area contributed by atoms with Crippen LogP contribution in [0.25, 0.3) is 0 Å². The quantitative estimate of drug-likeness (QED) is 0.0801. The Morgan fingerprint density at radius 3 is 2.48 bits per heavy atom. The molecule has 242 valence electrons. The highest BCUT2D eigenvalue weighted by molar-refractivity contribution is 14.1. The number of aryl methyl sites for hydroxylation is 1. The Balaban J connectivity index is 2.14. The van der Waals surface area contributed by atoms with Crippen LogP contribution in [0.3, 0.4) is 0 Å². The van der Waals surface area contributed by atoms with E-state index in [9.17, 15) is 27.6 Å². The van der Waals surface area contributed by atoms with Crippen LogP contribution in [0.1, 0.15) is 32.9 Å². The summed E-state index contributed by atoms with van der Waals surface area (Å²) in [6, 6.07) is 7.72. The molecule has 0 fully saturated rings. The lowest BCUT2D eigenvalue weighted by atomic mass is 10.2. The normalized spacial score (nSPS) is 12.6. The molecular weight excluding hydrogens is 713 g/mol. The van der Waals surface area contributed by atoms with Crippen LogP contribution in [0.15, 0.2) is 51.2 Å². The molecule has 1 aromatic carbocycles. The zero-order valence-corrected chi connectivity index (χ0v) is 28.0. The van der Waals surface area contributed by atoms with E-state index in [1.165, 1.54) is 38.4 Å². The molecule has 2 aromatic rings. The number of alkyl carbamates (subject to hydrolysis) is 1. The molecule has 18 heteroatoms. The number of hydrogen-bond donors (Lipinski definition) is 4. The number of anilines is 1. The smallest absolute Gasteiger partial charge is 0.414 e. The van der Waals surface area contributed by atoms with Gasteiger partial charge >= 0.3 is 6.09 Å². The fraction of sp³-hybridized carbons (Fsp3) is 0.423. The molecule has 0 aliphatic heterocycles. The van der Waals surface area contributed by atoms with Gasteiger partial charge in [0.05, 0.1) is 12.0 Å². The maximum Gasteiger partial charge on any atom is 0.414 e. The third-order valence-corrected chi connectivity index (χ3v) is 7.59. The van der Waals surface area contributed by atoms with Crippen molar-refractivity contribution in [3.05, 3.63) is 56.0 Å². The van der Waals surface area contributed by atoms with Crippen molar-refractivity contribution in [2.24, 2.45) is 10.9 Å². The molecule has 2 rings (SSSR count). The second-order valence-electron chi connectivity index (χ2n) is 10.2. The molecule has 5 N–H and O–H groups in total. The van der Waals surface area contributed by atoms with Gasteiger partial charge in [-0.05, 0) is 85.8 Å². The Morgan fingerprint density at radius 1 is 1.18 bits per heavy atom. The number of ether oxygens (including phenoxy) is 1. The summed E-state index contributed by atoms with van der Waals surface area (Å²) in [5.74, 6) is -1.77. The number of aromatic nitrogens is 1. The maximum absolute atomic E-state index is 13.2. The number of hydrogen-bond acceptors (Lipinski definition) is 10. The summed E-state index contributed by atoms with van der Waals surface area (Å²) in [5, 5.41) is 9.13. The highest BCUT2D eigenvalue weighted by Gasteiger charge is 2.26. The Morgan fingerprint density at radius 2 is 1.86 bits per heavy atom. The summed E-state index contributed by atoms with van der Waals surface area (Å²) >= 11 is 1.97. The van der Waals surface area contributed by atoms with E-state index < -0.39 is 57.6 Å². The van der Waals surface area contributed by atoms with Crippen molar-refractivity contribution in [1.29, 1.82) is 0 Å². The van der Waals surface area contributed by atoms with Crippen LogP contribution in [-0.2, 0) is 40.6 Å². The lowest BCUT2D eigenvalue weighted by Crippen LogP contribution is -2.49. The number of rotatable bonds is 12. The number of carbonyl (C=O) groups excluding carboxylic acids is 3. The van der Waals surface area contributed by atoms with Gasteiger partial charge in [0.1, 0.15) is 30.5 Å². The molecule has 0 radical (unpaired) electrons. The van der Waals surface area contributed by atoms with E-state index in [1.54, 1.807) is 39.8 Å². The van der Waals surface area contributed by atoms with Gasteiger partial charge in [0.25, 0.3) is 21.5 Å². The van der Waals surface area contributed by atoms with Crippen molar-refractivity contribution in [3.8, 4) is 0 Å². The molecule has 1 unspecified atom stereocenters. The molecular formula is C26H36IN7O9S. The molecule has 0 saturated heterocycles. The zero-order chi connectivity index (χ0) is 33.2. The Kier molecular flexibility index (Phi) is 13.0. The van der Waals surface area contributed by atoms with Gasteiger partial charge in [-0.1, -0.05) is 6.07 Å².